The summed E-state index contributed by atoms with van der Waals surface area (Å²) in [4.78, 5) is 2.46. The van der Waals surface area contributed by atoms with Crippen LogP contribution in [0, 0.1) is 0 Å². The Kier molecular flexibility index (Phi) is 5.19. The Morgan fingerprint density at radius 3 is 2.19 bits per heavy atom. The number of aromatic nitrogens is 2. The monoisotopic (exact) mass is 414 g/mol. The maximum atomic E-state index is 5.60. The first-order chi connectivity index (χ1) is 15.0. The molecule has 0 saturated carbocycles. The number of morpholine rings is 1. The van der Waals surface area contributed by atoms with Gasteiger partial charge in [0, 0.05) is 29.6 Å². The Morgan fingerprint density at radius 2 is 1.52 bits per heavy atom. The number of ether oxygens (including phenoxy) is 1. The van der Waals surface area contributed by atoms with Gasteiger partial charge < -0.3 is 9.64 Å². The molecule has 0 N–H and O–H groups in total. The third-order valence-electron chi connectivity index (χ3n) is 6.46. The van der Waals surface area contributed by atoms with Crippen molar-refractivity contribution in [3.8, 4) is 5.69 Å². The Hall–Kier alpha value is -2.85. The van der Waals surface area contributed by atoms with E-state index < -0.39 is 0 Å². The number of rotatable bonds is 4. The Morgan fingerprint density at radius 1 is 0.839 bits per heavy atom. The number of anilines is 1. The van der Waals surface area contributed by atoms with Crippen LogP contribution in [0.1, 0.15) is 50.7 Å². The molecule has 31 heavy (non-hydrogen) atoms. The highest BCUT2D eigenvalue weighted by molar-refractivity contribution is 5.93. The molecule has 1 aliphatic heterocycles. The molecule has 2 aromatic carbocycles. The highest BCUT2D eigenvalue weighted by atomic mass is 16.5. The molecule has 1 aliphatic rings. The number of pyridine rings is 1. The van der Waals surface area contributed by atoms with Gasteiger partial charge in [0.2, 0.25) is 0 Å². The number of nitrogens with zero attached hydrogens (tertiary/aromatic N) is 3. The van der Waals surface area contributed by atoms with E-state index >= 15 is 0 Å². The van der Waals surface area contributed by atoms with Gasteiger partial charge in [0.25, 0.3) is 6.33 Å². The predicted octanol–water partition coefficient (Wildman–Crippen LogP) is 5.45. The van der Waals surface area contributed by atoms with Crippen LogP contribution in [-0.4, -0.2) is 30.7 Å². The van der Waals surface area contributed by atoms with Gasteiger partial charge in [-0.3, -0.25) is 0 Å². The smallest absolute Gasteiger partial charge is 0.254 e. The fraction of sp³-hybridized carbons (Fsp3) is 0.370. The molecule has 0 spiro atoms. The molecule has 1 saturated heterocycles. The fourth-order valence-corrected chi connectivity index (χ4v) is 4.85. The van der Waals surface area contributed by atoms with Crippen LogP contribution < -0.4 is 9.47 Å². The van der Waals surface area contributed by atoms with Crippen molar-refractivity contribution < 1.29 is 9.30 Å². The quantitative estimate of drug-likeness (QED) is 0.414. The summed E-state index contributed by atoms with van der Waals surface area (Å²) >= 11 is 0. The van der Waals surface area contributed by atoms with Crippen LogP contribution in [0.3, 0.4) is 0 Å². The van der Waals surface area contributed by atoms with E-state index in [-0.39, 0.29) is 0 Å². The average Bonchev–Trinajstić information content (AvgIpc) is 3.23. The highest BCUT2D eigenvalue weighted by Gasteiger charge is 2.23. The lowest BCUT2D eigenvalue weighted by Gasteiger charge is -2.29. The van der Waals surface area contributed by atoms with Gasteiger partial charge in [-0.25, -0.2) is 4.57 Å². The van der Waals surface area contributed by atoms with Crippen LogP contribution in [0.5, 0.6) is 0 Å². The van der Waals surface area contributed by atoms with E-state index in [0.717, 1.165) is 26.3 Å². The summed E-state index contributed by atoms with van der Waals surface area (Å²) in [5, 5.41) is 1.26. The maximum Gasteiger partial charge on any atom is 0.254 e. The summed E-state index contributed by atoms with van der Waals surface area (Å²) in [7, 11) is 0. The normalized spacial score (nSPS) is 15.0. The van der Waals surface area contributed by atoms with Crippen molar-refractivity contribution in [3.63, 3.8) is 0 Å². The molecule has 4 aromatic rings. The van der Waals surface area contributed by atoms with E-state index in [4.69, 9.17) is 4.74 Å². The van der Waals surface area contributed by atoms with Gasteiger partial charge in [0.15, 0.2) is 11.0 Å². The van der Waals surface area contributed by atoms with Crippen molar-refractivity contribution in [1.29, 1.82) is 0 Å². The zero-order chi connectivity index (χ0) is 21.5. The highest BCUT2D eigenvalue weighted by Crippen LogP contribution is 2.31. The number of fused-ring (bicyclic) bond motifs is 3. The summed E-state index contributed by atoms with van der Waals surface area (Å²) in [5.41, 5.74) is 7.88. The zero-order valence-electron chi connectivity index (χ0n) is 19.0. The van der Waals surface area contributed by atoms with Crippen LogP contribution in [0.25, 0.3) is 22.1 Å². The minimum atomic E-state index is 0.463. The summed E-state index contributed by atoms with van der Waals surface area (Å²) in [5.74, 6) is 0.926. The molecular formula is C27H32N3O+. The van der Waals surface area contributed by atoms with Gasteiger partial charge in [-0.05, 0) is 30.0 Å². The second-order valence-corrected chi connectivity index (χ2v) is 9.19. The van der Waals surface area contributed by atoms with Crippen molar-refractivity contribution in [2.75, 3.05) is 31.2 Å². The third kappa shape index (κ3) is 3.49. The van der Waals surface area contributed by atoms with Crippen molar-refractivity contribution in [2.45, 2.75) is 39.5 Å². The first-order valence-electron chi connectivity index (χ1n) is 11.5. The molecule has 4 nitrogen and oxygen atoms in total. The molecule has 4 heteroatoms. The van der Waals surface area contributed by atoms with E-state index in [0.29, 0.717) is 11.8 Å². The minimum Gasteiger partial charge on any atom is -0.378 e. The topological polar surface area (TPSA) is 20.8 Å². The van der Waals surface area contributed by atoms with Crippen LogP contribution in [-0.2, 0) is 4.74 Å². The van der Waals surface area contributed by atoms with Gasteiger partial charge in [-0.1, -0.05) is 58.0 Å². The summed E-state index contributed by atoms with van der Waals surface area (Å²) in [6.45, 7) is 12.6. The molecule has 0 radical (unpaired) electrons. The SMILES string of the molecule is CC(C)c1cccc(C(C)C)c1-[n+]1cc2ccc3cccc(N4CCOCC4)c3n2c1. The zero-order valence-corrected chi connectivity index (χ0v) is 19.0. The molecule has 160 valence electrons. The van der Waals surface area contributed by atoms with Crippen molar-refractivity contribution in [3.05, 3.63) is 72.2 Å². The van der Waals surface area contributed by atoms with E-state index in [1.165, 1.54) is 38.9 Å². The Bertz CT molecular complexity index is 1210. The first kappa shape index (κ1) is 20.1. The number of imidazole rings is 1. The maximum absolute atomic E-state index is 5.60. The Labute approximate surface area is 184 Å². The lowest BCUT2D eigenvalue weighted by atomic mass is 9.92. The molecule has 0 bridgehead atoms. The predicted molar refractivity (Wildman–Crippen MR) is 128 cm³/mol. The Balaban J connectivity index is 1.76. The fourth-order valence-electron chi connectivity index (χ4n) is 4.85. The molecule has 5 rings (SSSR count). The van der Waals surface area contributed by atoms with Gasteiger partial charge in [-0.2, -0.15) is 4.40 Å². The van der Waals surface area contributed by atoms with E-state index in [1.807, 2.05) is 0 Å². The lowest BCUT2D eigenvalue weighted by molar-refractivity contribution is -0.595. The van der Waals surface area contributed by atoms with E-state index in [1.54, 1.807) is 0 Å². The van der Waals surface area contributed by atoms with Gasteiger partial charge in [-0.15, -0.1) is 0 Å². The standard InChI is InChI=1S/C27H32N3O/c1-19(2)23-8-6-9-24(20(3)4)27(23)29-17-22-12-11-21-7-5-10-25(26(21)30(22)18-29)28-13-15-31-16-14-28/h5-12,17-20H,13-16H2,1-4H3/q+1. The number of hydrogen-bond acceptors (Lipinski definition) is 2. The van der Waals surface area contributed by atoms with Crippen molar-refractivity contribution in [1.82, 2.24) is 4.40 Å². The molecule has 0 amide bonds. The molecule has 0 unspecified atom stereocenters. The van der Waals surface area contributed by atoms with Gasteiger partial charge in [0.05, 0.1) is 18.9 Å². The molecule has 3 heterocycles. The first-order valence-corrected chi connectivity index (χ1v) is 11.5. The van der Waals surface area contributed by atoms with E-state index in [2.05, 4.69) is 103 Å². The van der Waals surface area contributed by atoms with Crippen LogP contribution >= 0.6 is 0 Å². The third-order valence-corrected chi connectivity index (χ3v) is 6.46. The summed E-state index contributed by atoms with van der Waals surface area (Å²) in [6, 6.07) is 17.9. The number of para-hydroxylation sites is 2. The van der Waals surface area contributed by atoms with Crippen LogP contribution in [0.15, 0.2) is 61.1 Å². The second kappa shape index (κ2) is 8.01. The summed E-state index contributed by atoms with van der Waals surface area (Å²) < 4.78 is 10.3. The number of benzene rings is 2. The van der Waals surface area contributed by atoms with Crippen molar-refractivity contribution >= 4 is 22.1 Å². The molecular weight excluding hydrogens is 382 g/mol. The van der Waals surface area contributed by atoms with Crippen molar-refractivity contribution in [2.24, 2.45) is 0 Å². The second-order valence-electron chi connectivity index (χ2n) is 9.19. The largest absolute Gasteiger partial charge is 0.378 e. The summed E-state index contributed by atoms with van der Waals surface area (Å²) in [6.07, 6.45) is 4.55. The average molecular weight is 415 g/mol. The van der Waals surface area contributed by atoms with Crippen LogP contribution in [0.4, 0.5) is 5.69 Å². The lowest BCUT2D eigenvalue weighted by Crippen LogP contribution is -2.36. The van der Waals surface area contributed by atoms with Gasteiger partial charge in [0.1, 0.15) is 11.9 Å². The number of hydrogen-bond donors (Lipinski definition) is 0. The molecule has 2 aromatic heterocycles. The van der Waals surface area contributed by atoms with E-state index in [9.17, 15) is 0 Å². The molecule has 0 aliphatic carbocycles. The molecule has 0 atom stereocenters. The molecule has 1 fully saturated rings. The minimum absolute atomic E-state index is 0.463. The van der Waals surface area contributed by atoms with Crippen LogP contribution in [0.2, 0.25) is 0 Å². The van der Waals surface area contributed by atoms with Gasteiger partial charge >= 0.3 is 0 Å².